The Morgan fingerprint density at radius 1 is 0.897 bits per heavy atom. The van der Waals surface area contributed by atoms with Gasteiger partial charge < -0.3 is 28.8 Å². The number of benzene rings is 2. The van der Waals surface area contributed by atoms with Crippen molar-refractivity contribution < 1.29 is 48.8 Å². The van der Waals surface area contributed by atoms with Crippen molar-refractivity contribution in [1.82, 2.24) is 30.2 Å². The van der Waals surface area contributed by atoms with Gasteiger partial charge in [0.15, 0.2) is 5.78 Å². The zero-order chi connectivity index (χ0) is 42.1. The van der Waals surface area contributed by atoms with Crippen LogP contribution in [-0.4, -0.2) is 89.6 Å². The third kappa shape index (κ3) is 13.4. The Morgan fingerprint density at radius 3 is 2.10 bits per heavy atom. The lowest BCUT2D eigenvalue weighted by Crippen LogP contribution is -2.27. The molecule has 0 aliphatic carbocycles. The van der Waals surface area contributed by atoms with E-state index in [1.807, 2.05) is 55.5 Å². The summed E-state index contributed by atoms with van der Waals surface area (Å²) in [5, 5.41) is 44.6. The molecule has 0 saturated heterocycles. The first-order valence-corrected chi connectivity index (χ1v) is 18.9. The molecule has 0 saturated carbocycles. The van der Waals surface area contributed by atoms with Gasteiger partial charge in [-0.15, -0.1) is 30.4 Å². The number of aliphatic hydroxyl groups is 1. The number of hydrogen-bond donors (Lipinski definition) is 2. The number of H-pyrrole nitrogens is 1. The molecule has 20 nitrogen and oxygen atoms in total. The average molecular weight is 809 g/mol. The number of nitrogens with one attached hydrogen (secondary N) is 1. The molecule has 0 amide bonds. The molecule has 0 spiro atoms. The maximum absolute atomic E-state index is 14.4. The first-order chi connectivity index (χ1) is 27.8. The van der Waals surface area contributed by atoms with Crippen molar-refractivity contribution in [2.75, 3.05) is 26.4 Å². The summed E-state index contributed by atoms with van der Waals surface area (Å²) in [7, 11) is 0. The first kappa shape index (κ1) is 44.4. The van der Waals surface area contributed by atoms with E-state index in [1.54, 1.807) is 4.57 Å². The number of ketones is 1. The fourth-order valence-electron chi connectivity index (χ4n) is 6.12. The maximum Gasteiger partial charge on any atom is 0.309 e. The van der Waals surface area contributed by atoms with Crippen LogP contribution < -0.4 is 0 Å². The number of hydrogen-bond acceptors (Lipinski definition) is 16. The molecule has 20 heteroatoms. The summed E-state index contributed by atoms with van der Waals surface area (Å²) in [6.07, 6.45) is 1.51. The van der Waals surface area contributed by atoms with Gasteiger partial charge >= 0.3 is 11.9 Å². The highest BCUT2D eigenvalue weighted by Gasteiger charge is 2.34. The Morgan fingerprint density at radius 2 is 1.52 bits per heavy atom. The van der Waals surface area contributed by atoms with E-state index in [0.717, 1.165) is 22.3 Å². The third-order valence-electron chi connectivity index (χ3n) is 8.92. The highest BCUT2D eigenvalue weighted by atomic mass is 17.0. The molecule has 4 rings (SSSR count). The lowest BCUT2D eigenvalue weighted by Gasteiger charge is -2.20. The molecule has 4 aromatic rings. The van der Waals surface area contributed by atoms with Crippen molar-refractivity contribution in [1.29, 1.82) is 0 Å². The number of carbonyl (C=O) groups excluding carboxylic acids is 3. The fourth-order valence-corrected chi connectivity index (χ4v) is 6.12. The van der Waals surface area contributed by atoms with Crippen LogP contribution >= 0.6 is 0 Å². The van der Waals surface area contributed by atoms with E-state index in [9.17, 15) is 39.7 Å². The van der Waals surface area contributed by atoms with Crippen molar-refractivity contribution >= 4 is 17.7 Å². The van der Waals surface area contributed by atoms with Gasteiger partial charge in [0.05, 0.1) is 32.3 Å². The molecule has 2 heterocycles. The summed E-state index contributed by atoms with van der Waals surface area (Å²) in [6.45, 7) is 4.76. The van der Waals surface area contributed by atoms with Crippen molar-refractivity contribution in [2.24, 2.45) is 5.92 Å². The van der Waals surface area contributed by atoms with Crippen LogP contribution in [0.3, 0.4) is 0 Å². The quantitative estimate of drug-likeness (QED) is 0.0278. The van der Waals surface area contributed by atoms with Gasteiger partial charge in [-0.1, -0.05) is 55.5 Å². The third-order valence-corrected chi connectivity index (χ3v) is 8.92. The molecular weight excluding hydrogens is 760 g/mol. The minimum atomic E-state index is -1.54. The van der Waals surface area contributed by atoms with E-state index in [4.69, 9.17) is 14.5 Å². The monoisotopic (exact) mass is 808 g/mol. The Labute approximate surface area is 333 Å². The molecular formula is C38H48N8O12. The second-order valence-corrected chi connectivity index (χ2v) is 13.9. The standard InChI is InChI=1S/C38H48N8O12/c1-4-11-32-39-35(38(2,3)50)34(44(32)25-26-14-16-27(17-15-26)29-12-5-6-13-30(29)36-40-42-43-41-36)31(47)24-28(37(49)56-21-8-10-23-58-46(53)54)18-19-33(48)55-20-7-9-22-57-45(51)52/h5-6,12-17,28,50H,4,7-11,18-25H2,1-3H3,(H,40,41,42,43). The van der Waals surface area contributed by atoms with Gasteiger partial charge in [-0.25, -0.2) is 4.98 Å². The molecule has 0 aliphatic rings. The van der Waals surface area contributed by atoms with Crippen LogP contribution in [0.15, 0.2) is 48.5 Å². The van der Waals surface area contributed by atoms with Crippen LogP contribution in [0.25, 0.3) is 22.5 Å². The smallest absolute Gasteiger partial charge is 0.309 e. The minimum absolute atomic E-state index is 0.0270. The average Bonchev–Trinajstić information content (AvgIpc) is 3.85. The Kier molecular flexibility index (Phi) is 16.7. The van der Waals surface area contributed by atoms with Gasteiger partial charge in [0.2, 0.25) is 5.82 Å². The van der Waals surface area contributed by atoms with Gasteiger partial charge in [0, 0.05) is 31.4 Å². The van der Waals surface area contributed by atoms with Crippen LogP contribution in [0.1, 0.15) is 99.7 Å². The number of aromatic amines is 1. The van der Waals surface area contributed by atoms with E-state index in [1.165, 1.54) is 13.8 Å². The number of Topliss-reactive ketones (excluding diaryl/α,β-unsaturated/α-hetero) is 1. The van der Waals surface area contributed by atoms with E-state index in [-0.39, 0.29) is 82.9 Å². The summed E-state index contributed by atoms with van der Waals surface area (Å²) < 4.78 is 12.4. The summed E-state index contributed by atoms with van der Waals surface area (Å²) in [6, 6.07) is 15.4. The highest BCUT2D eigenvalue weighted by Crippen LogP contribution is 2.32. The number of unbranched alkanes of at least 4 members (excludes halogenated alkanes) is 2. The van der Waals surface area contributed by atoms with Crippen LogP contribution in [0, 0.1) is 26.1 Å². The van der Waals surface area contributed by atoms with E-state index >= 15 is 0 Å². The molecule has 312 valence electrons. The second kappa shape index (κ2) is 21.8. The molecule has 58 heavy (non-hydrogen) atoms. The Hall–Kier alpha value is -6.31. The van der Waals surface area contributed by atoms with Crippen LogP contribution in [0.5, 0.6) is 0 Å². The van der Waals surface area contributed by atoms with Gasteiger partial charge in [0.1, 0.15) is 22.8 Å². The summed E-state index contributed by atoms with van der Waals surface area (Å²) >= 11 is 0. The lowest BCUT2D eigenvalue weighted by atomic mass is 9.93. The largest absolute Gasteiger partial charge is 0.466 e. The highest BCUT2D eigenvalue weighted by molar-refractivity contribution is 5.98. The molecule has 2 aromatic heterocycles. The van der Waals surface area contributed by atoms with Gasteiger partial charge in [-0.05, 0) is 74.3 Å². The van der Waals surface area contributed by atoms with Crippen molar-refractivity contribution in [2.45, 2.75) is 90.7 Å². The van der Waals surface area contributed by atoms with E-state index in [0.29, 0.717) is 30.9 Å². The Bertz CT molecular complexity index is 1980. The van der Waals surface area contributed by atoms with Gasteiger partial charge in [-0.2, -0.15) is 5.21 Å². The normalized spacial score (nSPS) is 11.8. The van der Waals surface area contributed by atoms with Crippen LogP contribution in [-0.2, 0) is 47.3 Å². The maximum atomic E-state index is 14.4. The molecule has 1 atom stereocenters. The number of ether oxygens (including phenoxy) is 2. The predicted octanol–water partition coefficient (Wildman–Crippen LogP) is 4.99. The number of rotatable bonds is 26. The van der Waals surface area contributed by atoms with Crippen LogP contribution in [0.2, 0.25) is 0 Å². The topological polar surface area (TPSA) is 267 Å². The van der Waals surface area contributed by atoms with Crippen LogP contribution in [0.4, 0.5) is 0 Å². The molecule has 0 fully saturated rings. The van der Waals surface area contributed by atoms with Gasteiger partial charge in [-0.3, -0.25) is 14.4 Å². The minimum Gasteiger partial charge on any atom is -0.466 e. The number of esters is 2. The van der Waals surface area contributed by atoms with Crippen molar-refractivity contribution in [3.63, 3.8) is 0 Å². The van der Waals surface area contributed by atoms with Crippen molar-refractivity contribution in [3.05, 3.63) is 91.5 Å². The molecule has 0 aliphatic heterocycles. The predicted molar refractivity (Wildman–Crippen MR) is 204 cm³/mol. The van der Waals surface area contributed by atoms with Crippen molar-refractivity contribution in [3.8, 4) is 22.5 Å². The number of carbonyl (C=O) groups is 3. The number of nitrogens with zero attached hydrogens (tertiary/aromatic N) is 7. The zero-order valence-corrected chi connectivity index (χ0v) is 32.7. The number of tetrazole rings is 1. The SMILES string of the molecule is CCCc1nc(C(C)(C)O)c(C(=O)CC(CCC(=O)OCCCCO[N+](=O)[O-])C(=O)OCCCCO[N+](=O)[O-])n1Cc1ccc(-c2ccccc2-c2nn[nH]n2)cc1. The number of imidazole rings is 1. The summed E-state index contributed by atoms with van der Waals surface area (Å²) in [5.41, 5.74) is 2.12. The lowest BCUT2D eigenvalue weighted by molar-refractivity contribution is -0.757. The number of aromatic nitrogens is 6. The first-order valence-electron chi connectivity index (χ1n) is 18.9. The molecule has 2 N–H and O–H groups in total. The zero-order valence-electron chi connectivity index (χ0n) is 32.7. The van der Waals surface area contributed by atoms with E-state index < -0.39 is 39.4 Å². The number of aryl methyl sites for hydroxylation is 1. The Balaban J connectivity index is 1.57. The molecule has 2 aromatic carbocycles. The summed E-state index contributed by atoms with van der Waals surface area (Å²) in [4.78, 5) is 74.6. The second-order valence-electron chi connectivity index (χ2n) is 13.9. The fraction of sp³-hybridized carbons (Fsp3) is 0.500. The molecule has 1 unspecified atom stereocenters. The van der Waals surface area contributed by atoms with E-state index in [2.05, 4.69) is 30.3 Å². The molecule has 0 radical (unpaired) electrons. The van der Waals surface area contributed by atoms with Gasteiger partial charge in [0.25, 0.3) is 10.2 Å². The summed E-state index contributed by atoms with van der Waals surface area (Å²) in [5.74, 6) is -1.99. The molecule has 0 bridgehead atoms.